The predicted octanol–water partition coefficient (Wildman–Crippen LogP) is 3.19. The van der Waals surface area contributed by atoms with Gasteiger partial charge in [0.2, 0.25) is 10.0 Å². The first-order valence-electron chi connectivity index (χ1n) is 9.23. The van der Waals surface area contributed by atoms with E-state index in [1.807, 2.05) is 18.2 Å². The molecule has 29 heavy (non-hydrogen) atoms. The molecule has 1 aliphatic heterocycles. The fourth-order valence-corrected chi connectivity index (χ4v) is 4.87. The van der Waals surface area contributed by atoms with Crippen molar-refractivity contribution in [2.45, 2.75) is 11.9 Å². The molecule has 2 aromatic carbocycles. The van der Waals surface area contributed by atoms with E-state index < -0.39 is 16.1 Å². The van der Waals surface area contributed by atoms with Crippen molar-refractivity contribution in [3.05, 3.63) is 84.1 Å². The largest absolute Gasteiger partial charge is 0.369 e. The SMILES string of the molecule is O=S(=O)(Cc1ccccc1)N1CCOC(c2nccnc2-c2cccc(F)c2)C1. The fraction of sp³-hybridized carbons (Fsp3) is 0.238. The molecule has 2 heterocycles. The van der Waals surface area contributed by atoms with Gasteiger partial charge in [0.15, 0.2) is 0 Å². The Hall–Kier alpha value is -2.68. The van der Waals surface area contributed by atoms with Crippen molar-refractivity contribution in [3.63, 3.8) is 0 Å². The first-order chi connectivity index (χ1) is 14.0. The van der Waals surface area contributed by atoms with Gasteiger partial charge in [0, 0.05) is 31.0 Å². The molecule has 6 nitrogen and oxygen atoms in total. The fourth-order valence-electron chi connectivity index (χ4n) is 3.36. The van der Waals surface area contributed by atoms with E-state index in [0.29, 0.717) is 17.0 Å². The van der Waals surface area contributed by atoms with Gasteiger partial charge in [-0.1, -0.05) is 42.5 Å². The van der Waals surface area contributed by atoms with Crippen molar-refractivity contribution >= 4 is 10.0 Å². The van der Waals surface area contributed by atoms with E-state index in [4.69, 9.17) is 4.74 Å². The second-order valence-electron chi connectivity index (χ2n) is 6.76. The highest BCUT2D eigenvalue weighted by Gasteiger charge is 2.32. The van der Waals surface area contributed by atoms with Gasteiger partial charge in [-0.3, -0.25) is 9.97 Å². The molecule has 0 saturated carbocycles. The number of hydrogen-bond acceptors (Lipinski definition) is 5. The number of morpholine rings is 1. The maximum Gasteiger partial charge on any atom is 0.218 e. The number of hydrogen-bond donors (Lipinski definition) is 0. The van der Waals surface area contributed by atoms with Crippen LogP contribution in [0.5, 0.6) is 0 Å². The lowest BCUT2D eigenvalue weighted by Crippen LogP contribution is -2.43. The molecule has 0 amide bonds. The lowest BCUT2D eigenvalue weighted by molar-refractivity contribution is -0.00482. The zero-order valence-corrected chi connectivity index (χ0v) is 16.4. The third kappa shape index (κ3) is 4.50. The second-order valence-corrected chi connectivity index (χ2v) is 8.73. The number of rotatable bonds is 5. The van der Waals surface area contributed by atoms with Gasteiger partial charge >= 0.3 is 0 Å². The molecule has 0 radical (unpaired) electrons. The molecular weight excluding hydrogens is 393 g/mol. The number of benzene rings is 2. The van der Waals surface area contributed by atoms with Crippen LogP contribution in [0.1, 0.15) is 17.4 Å². The number of ether oxygens (including phenoxy) is 1. The minimum atomic E-state index is -3.52. The van der Waals surface area contributed by atoms with E-state index in [1.165, 1.54) is 28.8 Å². The second kappa shape index (κ2) is 8.36. The Morgan fingerprint density at radius 3 is 2.66 bits per heavy atom. The van der Waals surface area contributed by atoms with E-state index in [0.717, 1.165) is 5.56 Å². The lowest BCUT2D eigenvalue weighted by Gasteiger charge is -2.32. The summed E-state index contributed by atoms with van der Waals surface area (Å²) in [5.41, 5.74) is 2.29. The Morgan fingerprint density at radius 2 is 1.86 bits per heavy atom. The number of aromatic nitrogens is 2. The molecule has 0 N–H and O–H groups in total. The van der Waals surface area contributed by atoms with E-state index in [9.17, 15) is 12.8 Å². The number of halogens is 1. The molecule has 8 heteroatoms. The molecule has 1 saturated heterocycles. The minimum Gasteiger partial charge on any atom is -0.369 e. The van der Waals surface area contributed by atoms with Gasteiger partial charge < -0.3 is 4.74 Å². The standard InChI is InChI=1S/C21H20FN3O3S/c22-18-8-4-7-17(13-18)20-21(24-10-9-23-20)19-14-25(11-12-28-19)29(26,27)15-16-5-2-1-3-6-16/h1-10,13,19H,11-12,14-15H2. The summed E-state index contributed by atoms with van der Waals surface area (Å²) >= 11 is 0. The van der Waals surface area contributed by atoms with Gasteiger partial charge in [0.25, 0.3) is 0 Å². The van der Waals surface area contributed by atoms with Crippen LogP contribution in [0.3, 0.4) is 0 Å². The molecule has 1 unspecified atom stereocenters. The van der Waals surface area contributed by atoms with Crippen molar-refractivity contribution in [1.29, 1.82) is 0 Å². The number of nitrogens with zero attached hydrogens (tertiary/aromatic N) is 3. The molecule has 1 fully saturated rings. The summed E-state index contributed by atoms with van der Waals surface area (Å²) in [6, 6.07) is 15.1. The van der Waals surface area contributed by atoms with Gasteiger partial charge in [-0.15, -0.1) is 0 Å². The van der Waals surface area contributed by atoms with Crippen LogP contribution in [-0.4, -0.2) is 42.4 Å². The summed E-state index contributed by atoms with van der Waals surface area (Å²) in [7, 11) is -3.52. The lowest BCUT2D eigenvalue weighted by atomic mass is 10.1. The van der Waals surface area contributed by atoms with Crippen molar-refractivity contribution in [1.82, 2.24) is 14.3 Å². The monoisotopic (exact) mass is 413 g/mol. The molecular formula is C21H20FN3O3S. The van der Waals surface area contributed by atoms with Crippen molar-refractivity contribution in [2.24, 2.45) is 0 Å². The summed E-state index contributed by atoms with van der Waals surface area (Å²) in [6.45, 7) is 0.662. The minimum absolute atomic E-state index is 0.0716. The maximum atomic E-state index is 13.7. The topological polar surface area (TPSA) is 72.4 Å². The molecule has 0 spiro atoms. The highest BCUT2D eigenvalue weighted by molar-refractivity contribution is 7.88. The third-order valence-corrected chi connectivity index (χ3v) is 6.56. The third-order valence-electron chi connectivity index (χ3n) is 4.74. The van der Waals surface area contributed by atoms with Crippen LogP contribution >= 0.6 is 0 Å². The molecule has 1 aromatic heterocycles. The summed E-state index contributed by atoms with van der Waals surface area (Å²) in [4.78, 5) is 8.72. The van der Waals surface area contributed by atoms with Gasteiger partial charge in [-0.05, 0) is 17.7 Å². The van der Waals surface area contributed by atoms with Crippen LogP contribution in [-0.2, 0) is 20.5 Å². The average Bonchev–Trinajstić information content (AvgIpc) is 2.74. The summed E-state index contributed by atoms with van der Waals surface area (Å²) in [5, 5.41) is 0. The smallest absolute Gasteiger partial charge is 0.218 e. The van der Waals surface area contributed by atoms with Crippen molar-refractivity contribution in [3.8, 4) is 11.3 Å². The molecule has 0 bridgehead atoms. The Balaban J connectivity index is 1.60. The Labute approximate surface area is 169 Å². The van der Waals surface area contributed by atoms with Crippen molar-refractivity contribution < 1.29 is 17.5 Å². The van der Waals surface area contributed by atoms with E-state index in [1.54, 1.807) is 24.3 Å². The molecule has 3 aromatic rings. The van der Waals surface area contributed by atoms with Crippen LogP contribution in [0.25, 0.3) is 11.3 Å². The summed E-state index contributed by atoms with van der Waals surface area (Å²) in [5.74, 6) is -0.451. The Kier molecular flexibility index (Phi) is 5.66. The van der Waals surface area contributed by atoms with Crippen LogP contribution in [0.4, 0.5) is 4.39 Å². The first-order valence-corrected chi connectivity index (χ1v) is 10.8. The Bertz CT molecular complexity index is 1090. The Morgan fingerprint density at radius 1 is 1.07 bits per heavy atom. The van der Waals surface area contributed by atoms with Gasteiger partial charge in [0.05, 0.1) is 23.7 Å². The molecule has 0 aliphatic carbocycles. The van der Waals surface area contributed by atoms with Crippen LogP contribution in [0.2, 0.25) is 0 Å². The first kappa shape index (κ1) is 19.6. The van der Waals surface area contributed by atoms with Crippen LogP contribution < -0.4 is 0 Å². The molecule has 1 atom stereocenters. The maximum absolute atomic E-state index is 13.7. The highest BCUT2D eigenvalue weighted by atomic mass is 32.2. The molecule has 150 valence electrons. The zero-order valence-electron chi connectivity index (χ0n) is 15.6. The number of sulfonamides is 1. The quantitative estimate of drug-likeness (QED) is 0.642. The van der Waals surface area contributed by atoms with Gasteiger partial charge in [-0.25, -0.2) is 12.8 Å². The van der Waals surface area contributed by atoms with Crippen LogP contribution in [0.15, 0.2) is 67.0 Å². The van der Waals surface area contributed by atoms with E-state index in [-0.39, 0.29) is 31.3 Å². The van der Waals surface area contributed by atoms with Gasteiger partial charge in [-0.2, -0.15) is 4.31 Å². The van der Waals surface area contributed by atoms with Gasteiger partial charge in [0.1, 0.15) is 11.9 Å². The summed E-state index contributed by atoms with van der Waals surface area (Å²) < 4.78 is 46.8. The summed E-state index contributed by atoms with van der Waals surface area (Å²) in [6.07, 6.45) is 2.47. The normalized spacial score (nSPS) is 17.9. The molecule has 1 aliphatic rings. The zero-order chi connectivity index (χ0) is 20.3. The highest BCUT2D eigenvalue weighted by Crippen LogP contribution is 2.30. The van der Waals surface area contributed by atoms with E-state index >= 15 is 0 Å². The average molecular weight is 413 g/mol. The van der Waals surface area contributed by atoms with Crippen LogP contribution in [0, 0.1) is 5.82 Å². The van der Waals surface area contributed by atoms with Crippen molar-refractivity contribution in [2.75, 3.05) is 19.7 Å². The van der Waals surface area contributed by atoms with E-state index in [2.05, 4.69) is 9.97 Å². The molecule has 4 rings (SSSR count). The predicted molar refractivity (Wildman–Crippen MR) is 107 cm³/mol.